The zero-order valence-electron chi connectivity index (χ0n) is 11.2. The molecular weight excluding hydrogens is 210 g/mol. The van der Waals surface area contributed by atoms with Crippen molar-refractivity contribution >= 4 is 0 Å². The third-order valence-electron chi connectivity index (χ3n) is 4.23. The van der Waals surface area contributed by atoms with E-state index in [-0.39, 0.29) is 5.54 Å². The molecule has 17 heavy (non-hydrogen) atoms. The standard InChI is InChI=1S/C14H25N3/c1-3-12-5-4-7-14(15,8-6-12)9-13-10-16-17(2)11-13/h10-12H,3-9,15H2,1-2H3. The van der Waals surface area contributed by atoms with Crippen LogP contribution in [-0.2, 0) is 13.5 Å². The lowest BCUT2D eigenvalue weighted by atomic mass is 9.85. The molecule has 1 saturated carbocycles. The monoisotopic (exact) mass is 235 g/mol. The van der Waals surface area contributed by atoms with Gasteiger partial charge in [-0.05, 0) is 37.2 Å². The Kier molecular flexibility index (Phi) is 3.87. The molecule has 1 aromatic heterocycles. The largest absolute Gasteiger partial charge is 0.325 e. The van der Waals surface area contributed by atoms with Crippen LogP contribution in [0.5, 0.6) is 0 Å². The van der Waals surface area contributed by atoms with Gasteiger partial charge in [-0.15, -0.1) is 0 Å². The van der Waals surface area contributed by atoms with Crippen LogP contribution < -0.4 is 5.73 Å². The molecule has 1 heterocycles. The molecule has 1 fully saturated rings. The highest BCUT2D eigenvalue weighted by molar-refractivity contribution is 5.10. The number of hydrogen-bond acceptors (Lipinski definition) is 2. The molecular formula is C14H25N3. The molecule has 0 bridgehead atoms. The van der Waals surface area contributed by atoms with Gasteiger partial charge in [0.1, 0.15) is 0 Å². The van der Waals surface area contributed by atoms with Crippen molar-refractivity contribution in [2.75, 3.05) is 0 Å². The van der Waals surface area contributed by atoms with Gasteiger partial charge in [0.25, 0.3) is 0 Å². The van der Waals surface area contributed by atoms with Crippen LogP contribution in [0.1, 0.15) is 51.0 Å². The Labute approximate surface area is 104 Å². The van der Waals surface area contributed by atoms with E-state index in [1.54, 1.807) is 0 Å². The van der Waals surface area contributed by atoms with E-state index < -0.39 is 0 Å². The van der Waals surface area contributed by atoms with Gasteiger partial charge in [0.05, 0.1) is 6.20 Å². The van der Waals surface area contributed by atoms with Gasteiger partial charge in [0, 0.05) is 18.8 Å². The average molecular weight is 235 g/mol. The van der Waals surface area contributed by atoms with Crippen molar-refractivity contribution in [2.24, 2.45) is 18.7 Å². The summed E-state index contributed by atoms with van der Waals surface area (Å²) in [6, 6.07) is 0. The summed E-state index contributed by atoms with van der Waals surface area (Å²) in [5.41, 5.74) is 7.87. The Balaban J connectivity index is 1.98. The highest BCUT2D eigenvalue weighted by Gasteiger charge is 2.29. The predicted molar refractivity (Wildman–Crippen MR) is 70.7 cm³/mol. The Morgan fingerprint density at radius 3 is 2.94 bits per heavy atom. The molecule has 3 nitrogen and oxygen atoms in total. The van der Waals surface area contributed by atoms with Crippen LogP contribution in [0.4, 0.5) is 0 Å². The van der Waals surface area contributed by atoms with Crippen LogP contribution in [0.2, 0.25) is 0 Å². The lowest BCUT2D eigenvalue weighted by Gasteiger charge is -2.27. The quantitative estimate of drug-likeness (QED) is 0.819. The number of hydrogen-bond donors (Lipinski definition) is 1. The first-order valence-electron chi connectivity index (χ1n) is 6.88. The molecule has 1 aliphatic carbocycles. The molecule has 0 aromatic carbocycles. The summed E-state index contributed by atoms with van der Waals surface area (Å²) in [6.07, 6.45) is 12.6. The van der Waals surface area contributed by atoms with Gasteiger partial charge in [-0.1, -0.05) is 26.2 Å². The number of aromatic nitrogens is 2. The van der Waals surface area contributed by atoms with E-state index in [9.17, 15) is 0 Å². The predicted octanol–water partition coefficient (Wildman–Crippen LogP) is 2.65. The summed E-state index contributed by atoms with van der Waals surface area (Å²) >= 11 is 0. The van der Waals surface area contributed by atoms with Crippen molar-refractivity contribution in [3.63, 3.8) is 0 Å². The summed E-state index contributed by atoms with van der Waals surface area (Å²) < 4.78 is 1.87. The number of aryl methyl sites for hydroxylation is 1. The van der Waals surface area contributed by atoms with E-state index in [0.717, 1.165) is 12.3 Å². The summed E-state index contributed by atoms with van der Waals surface area (Å²) in [5, 5.41) is 4.23. The van der Waals surface area contributed by atoms with E-state index >= 15 is 0 Å². The SMILES string of the molecule is CCC1CCCC(N)(Cc2cnn(C)c2)CC1. The Hall–Kier alpha value is -0.830. The average Bonchev–Trinajstić information content (AvgIpc) is 2.59. The van der Waals surface area contributed by atoms with Crippen LogP contribution in [0.3, 0.4) is 0 Å². The molecule has 0 amide bonds. The van der Waals surface area contributed by atoms with Crippen molar-refractivity contribution in [3.05, 3.63) is 18.0 Å². The van der Waals surface area contributed by atoms with E-state index in [1.807, 2.05) is 17.9 Å². The van der Waals surface area contributed by atoms with Crippen molar-refractivity contribution in [1.82, 2.24) is 9.78 Å². The maximum Gasteiger partial charge on any atom is 0.0522 e. The lowest BCUT2D eigenvalue weighted by Crippen LogP contribution is -2.41. The fourth-order valence-corrected chi connectivity index (χ4v) is 3.06. The first-order valence-corrected chi connectivity index (χ1v) is 6.88. The van der Waals surface area contributed by atoms with Crippen molar-refractivity contribution in [3.8, 4) is 0 Å². The third-order valence-corrected chi connectivity index (χ3v) is 4.23. The van der Waals surface area contributed by atoms with Crippen LogP contribution in [0, 0.1) is 5.92 Å². The van der Waals surface area contributed by atoms with Gasteiger partial charge in [-0.25, -0.2) is 0 Å². The molecule has 0 radical (unpaired) electrons. The highest BCUT2D eigenvalue weighted by Crippen LogP contribution is 2.32. The maximum atomic E-state index is 6.58. The zero-order valence-corrected chi connectivity index (χ0v) is 11.2. The molecule has 3 heteroatoms. The molecule has 96 valence electrons. The van der Waals surface area contributed by atoms with Gasteiger partial charge < -0.3 is 5.73 Å². The van der Waals surface area contributed by atoms with Crippen molar-refractivity contribution < 1.29 is 0 Å². The number of rotatable bonds is 3. The lowest BCUT2D eigenvalue weighted by molar-refractivity contribution is 0.358. The van der Waals surface area contributed by atoms with Gasteiger partial charge in [0.15, 0.2) is 0 Å². The first-order chi connectivity index (χ1) is 8.11. The molecule has 0 spiro atoms. The molecule has 0 saturated heterocycles. The maximum absolute atomic E-state index is 6.58. The summed E-state index contributed by atoms with van der Waals surface area (Å²) in [7, 11) is 1.97. The van der Waals surface area contributed by atoms with E-state index in [0.29, 0.717) is 0 Å². The molecule has 0 aliphatic heterocycles. The molecule has 1 aromatic rings. The van der Waals surface area contributed by atoms with Gasteiger partial charge in [0.2, 0.25) is 0 Å². The topological polar surface area (TPSA) is 43.8 Å². The smallest absolute Gasteiger partial charge is 0.0522 e. The van der Waals surface area contributed by atoms with E-state index in [1.165, 1.54) is 44.1 Å². The Morgan fingerprint density at radius 2 is 2.29 bits per heavy atom. The first kappa shape index (κ1) is 12.6. The van der Waals surface area contributed by atoms with Gasteiger partial charge in [-0.2, -0.15) is 5.10 Å². The molecule has 2 unspecified atom stereocenters. The Morgan fingerprint density at radius 1 is 1.47 bits per heavy atom. The highest BCUT2D eigenvalue weighted by atomic mass is 15.2. The minimum absolute atomic E-state index is 0.00690. The van der Waals surface area contributed by atoms with E-state index in [4.69, 9.17) is 5.73 Å². The second-order valence-electron chi connectivity index (χ2n) is 5.77. The summed E-state index contributed by atoms with van der Waals surface area (Å²) in [4.78, 5) is 0. The minimum Gasteiger partial charge on any atom is -0.325 e. The van der Waals surface area contributed by atoms with E-state index in [2.05, 4.69) is 18.2 Å². The van der Waals surface area contributed by atoms with Crippen LogP contribution >= 0.6 is 0 Å². The molecule has 2 N–H and O–H groups in total. The number of nitrogens with zero attached hydrogens (tertiary/aromatic N) is 2. The molecule has 1 aliphatic rings. The third kappa shape index (κ3) is 3.32. The van der Waals surface area contributed by atoms with Gasteiger partial charge in [-0.3, -0.25) is 4.68 Å². The Bertz CT molecular complexity index is 358. The minimum atomic E-state index is 0.00690. The molecule has 2 atom stereocenters. The van der Waals surface area contributed by atoms with Crippen LogP contribution in [-0.4, -0.2) is 15.3 Å². The summed E-state index contributed by atoms with van der Waals surface area (Å²) in [5.74, 6) is 0.898. The normalized spacial score (nSPS) is 30.2. The fourth-order valence-electron chi connectivity index (χ4n) is 3.06. The van der Waals surface area contributed by atoms with Crippen molar-refractivity contribution in [1.29, 1.82) is 0 Å². The van der Waals surface area contributed by atoms with Gasteiger partial charge >= 0.3 is 0 Å². The fraction of sp³-hybridized carbons (Fsp3) is 0.786. The summed E-state index contributed by atoms with van der Waals surface area (Å²) in [6.45, 7) is 2.30. The van der Waals surface area contributed by atoms with Crippen LogP contribution in [0.15, 0.2) is 12.4 Å². The second kappa shape index (κ2) is 5.21. The second-order valence-corrected chi connectivity index (χ2v) is 5.77. The van der Waals surface area contributed by atoms with Crippen LogP contribution in [0.25, 0.3) is 0 Å². The number of nitrogens with two attached hydrogens (primary N) is 1. The van der Waals surface area contributed by atoms with Crippen molar-refractivity contribution in [2.45, 2.75) is 57.4 Å². The molecule has 2 rings (SSSR count). The zero-order chi connectivity index (χ0) is 12.3.